The zero-order valence-electron chi connectivity index (χ0n) is 12.6. The number of carbonyl (C=O) groups excluding carboxylic acids is 1. The largest absolute Gasteiger partial charge is 0.469 e. The zero-order chi connectivity index (χ0) is 15.9. The predicted octanol–water partition coefficient (Wildman–Crippen LogP) is 3.50. The van der Waals surface area contributed by atoms with Crippen LogP contribution in [0.15, 0.2) is 76.0 Å². The van der Waals surface area contributed by atoms with Gasteiger partial charge in [0.1, 0.15) is 11.5 Å². The summed E-state index contributed by atoms with van der Waals surface area (Å²) in [7, 11) is 0. The van der Waals surface area contributed by atoms with E-state index >= 15 is 0 Å². The summed E-state index contributed by atoms with van der Waals surface area (Å²) >= 11 is 0. The normalized spacial score (nSPS) is 10.7. The number of benzene rings is 1. The fourth-order valence-electron chi connectivity index (χ4n) is 2.36. The molecule has 0 atom stereocenters. The molecular weight excluding hydrogens is 292 g/mol. The summed E-state index contributed by atoms with van der Waals surface area (Å²) in [6.45, 7) is 0.875. The highest BCUT2D eigenvalue weighted by Gasteiger charge is 2.20. The van der Waals surface area contributed by atoms with Gasteiger partial charge in [-0.2, -0.15) is 0 Å². The van der Waals surface area contributed by atoms with Crippen molar-refractivity contribution in [2.24, 2.45) is 0 Å². The van der Waals surface area contributed by atoms with E-state index in [1.54, 1.807) is 12.5 Å². The fraction of sp³-hybridized carbons (Fsp3) is 0.167. The van der Waals surface area contributed by atoms with Crippen molar-refractivity contribution in [2.75, 3.05) is 6.54 Å². The Morgan fingerprint density at radius 1 is 0.870 bits per heavy atom. The SMILES string of the molecule is O=C(NCc1ccccc1)NCC(c1ccco1)c1ccco1. The van der Waals surface area contributed by atoms with Crippen molar-refractivity contribution >= 4 is 6.03 Å². The maximum Gasteiger partial charge on any atom is 0.315 e. The minimum Gasteiger partial charge on any atom is -0.469 e. The van der Waals surface area contributed by atoms with Crippen LogP contribution in [0.3, 0.4) is 0 Å². The number of hydrogen-bond acceptors (Lipinski definition) is 3. The molecular formula is C18H18N2O3. The summed E-state index contributed by atoms with van der Waals surface area (Å²) in [4.78, 5) is 12.0. The van der Waals surface area contributed by atoms with Crippen molar-refractivity contribution in [2.45, 2.75) is 12.5 Å². The Balaban J connectivity index is 1.55. The summed E-state index contributed by atoms with van der Waals surface area (Å²) in [6.07, 6.45) is 3.22. The van der Waals surface area contributed by atoms with Gasteiger partial charge in [-0.1, -0.05) is 30.3 Å². The maximum absolute atomic E-state index is 12.0. The molecule has 0 aliphatic heterocycles. The lowest BCUT2D eigenvalue weighted by Gasteiger charge is -2.14. The van der Waals surface area contributed by atoms with Crippen molar-refractivity contribution in [3.8, 4) is 0 Å². The van der Waals surface area contributed by atoms with Crippen LogP contribution in [0.1, 0.15) is 23.0 Å². The highest BCUT2D eigenvalue weighted by Crippen LogP contribution is 2.24. The molecule has 0 aliphatic rings. The molecule has 0 radical (unpaired) electrons. The van der Waals surface area contributed by atoms with Gasteiger partial charge in [-0.25, -0.2) is 4.79 Å². The lowest BCUT2D eigenvalue weighted by atomic mass is 10.0. The number of furan rings is 2. The Labute approximate surface area is 134 Å². The summed E-state index contributed by atoms with van der Waals surface area (Å²) < 4.78 is 10.9. The third-order valence-electron chi connectivity index (χ3n) is 3.54. The Morgan fingerprint density at radius 2 is 1.52 bits per heavy atom. The summed E-state index contributed by atoms with van der Waals surface area (Å²) in [5.41, 5.74) is 1.05. The Kier molecular flexibility index (Phi) is 4.79. The van der Waals surface area contributed by atoms with E-state index in [0.29, 0.717) is 13.1 Å². The number of urea groups is 1. The van der Waals surface area contributed by atoms with E-state index in [1.165, 1.54) is 0 Å². The number of amides is 2. The second kappa shape index (κ2) is 7.35. The van der Waals surface area contributed by atoms with Gasteiger partial charge in [0.25, 0.3) is 0 Å². The Morgan fingerprint density at radius 3 is 2.09 bits per heavy atom. The number of rotatable bonds is 6. The van der Waals surface area contributed by atoms with Crippen LogP contribution in [0.4, 0.5) is 4.79 Å². The van der Waals surface area contributed by atoms with Gasteiger partial charge in [-0.15, -0.1) is 0 Å². The molecule has 3 rings (SSSR count). The molecule has 0 saturated carbocycles. The van der Waals surface area contributed by atoms with Crippen LogP contribution in [0.5, 0.6) is 0 Å². The zero-order valence-corrected chi connectivity index (χ0v) is 12.6. The highest BCUT2D eigenvalue weighted by atomic mass is 16.3. The van der Waals surface area contributed by atoms with Crippen LogP contribution >= 0.6 is 0 Å². The van der Waals surface area contributed by atoms with Gasteiger partial charge >= 0.3 is 6.03 Å². The Hall–Kier alpha value is -2.95. The molecule has 2 heterocycles. The minimum atomic E-state index is -0.225. The van der Waals surface area contributed by atoms with E-state index in [0.717, 1.165) is 17.1 Å². The van der Waals surface area contributed by atoms with Gasteiger partial charge in [-0.05, 0) is 29.8 Å². The number of hydrogen-bond donors (Lipinski definition) is 2. The standard InChI is InChI=1S/C18H18N2O3/c21-18(19-12-14-6-2-1-3-7-14)20-13-15(16-8-4-10-22-16)17-9-5-11-23-17/h1-11,15H,12-13H2,(H2,19,20,21). The highest BCUT2D eigenvalue weighted by molar-refractivity contribution is 5.73. The minimum absolute atomic E-state index is 0.150. The molecule has 23 heavy (non-hydrogen) atoms. The topological polar surface area (TPSA) is 67.4 Å². The van der Waals surface area contributed by atoms with E-state index in [1.807, 2.05) is 54.6 Å². The molecule has 0 unspecified atom stereocenters. The van der Waals surface area contributed by atoms with E-state index in [9.17, 15) is 4.79 Å². The van der Waals surface area contributed by atoms with Gasteiger partial charge in [0.2, 0.25) is 0 Å². The van der Waals surface area contributed by atoms with Crippen LogP contribution in [0, 0.1) is 0 Å². The van der Waals surface area contributed by atoms with E-state index < -0.39 is 0 Å². The maximum atomic E-state index is 12.0. The van der Waals surface area contributed by atoms with Crippen LogP contribution < -0.4 is 10.6 Å². The molecule has 0 aliphatic carbocycles. The quantitative estimate of drug-likeness (QED) is 0.732. The average molecular weight is 310 g/mol. The molecule has 5 nitrogen and oxygen atoms in total. The van der Waals surface area contributed by atoms with E-state index in [2.05, 4.69) is 10.6 Å². The lowest BCUT2D eigenvalue weighted by molar-refractivity contribution is 0.239. The van der Waals surface area contributed by atoms with Gasteiger partial charge < -0.3 is 19.5 Å². The first-order valence-corrected chi connectivity index (χ1v) is 7.45. The lowest BCUT2D eigenvalue weighted by Crippen LogP contribution is -2.37. The van der Waals surface area contributed by atoms with Crippen molar-refractivity contribution in [1.29, 1.82) is 0 Å². The summed E-state index contributed by atoms with van der Waals surface area (Å²) in [5.74, 6) is 1.36. The molecule has 0 saturated heterocycles. The average Bonchev–Trinajstić information content (AvgIpc) is 3.28. The van der Waals surface area contributed by atoms with E-state index in [4.69, 9.17) is 8.83 Å². The van der Waals surface area contributed by atoms with E-state index in [-0.39, 0.29) is 11.9 Å². The third kappa shape index (κ3) is 4.03. The van der Waals surface area contributed by atoms with Crippen LogP contribution in [0.2, 0.25) is 0 Å². The van der Waals surface area contributed by atoms with Crippen LogP contribution in [0.25, 0.3) is 0 Å². The van der Waals surface area contributed by atoms with Crippen molar-refractivity contribution < 1.29 is 13.6 Å². The summed E-state index contributed by atoms with van der Waals surface area (Å²) in [5, 5.41) is 5.69. The number of nitrogens with one attached hydrogen (secondary N) is 2. The molecule has 0 bridgehead atoms. The molecule has 1 aromatic carbocycles. The first kappa shape index (κ1) is 15.0. The van der Waals surface area contributed by atoms with Crippen molar-refractivity contribution in [3.05, 3.63) is 84.2 Å². The first-order valence-electron chi connectivity index (χ1n) is 7.45. The van der Waals surface area contributed by atoms with Crippen molar-refractivity contribution in [1.82, 2.24) is 10.6 Å². The van der Waals surface area contributed by atoms with Crippen LogP contribution in [-0.2, 0) is 6.54 Å². The monoisotopic (exact) mass is 310 g/mol. The molecule has 2 amide bonds. The molecule has 5 heteroatoms. The molecule has 118 valence electrons. The smallest absolute Gasteiger partial charge is 0.315 e. The molecule has 2 aromatic heterocycles. The predicted molar refractivity (Wildman–Crippen MR) is 85.9 cm³/mol. The van der Waals surface area contributed by atoms with Gasteiger partial charge in [0.05, 0.1) is 18.4 Å². The van der Waals surface area contributed by atoms with Crippen LogP contribution in [-0.4, -0.2) is 12.6 Å². The van der Waals surface area contributed by atoms with Gasteiger partial charge in [0, 0.05) is 13.1 Å². The molecule has 0 fully saturated rings. The molecule has 3 aromatic rings. The second-order valence-corrected chi connectivity index (χ2v) is 5.13. The first-order chi connectivity index (χ1) is 11.3. The Bertz CT molecular complexity index is 672. The molecule has 0 spiro atoms. The summed E-state index contributed by atoms with van der Waals surface area (Å²) in [6, 6.07) is 16.9. The van der Waals surface area contributed by atoms with Crippen molar-refractivity contribution in [3.63, 3.8) is 0 Å². The molecule has 2 N–H and O–H groups in total. The fourth-order valence-corrected chi connectivity index (χ4v) is 2.36. The number of carbonyl (C=O) groups is 1. The third-order valence-corrected chi connectivity index (χ3v) is 3.54. The van der Waals surface area contributed by atoms with Gasteiger partial charge in [-0.3, -0.25) is 0 Å². The van der Waals surface area contributed by atoms with Gasteiger partial charge in [0.15, 0.2) is 0 Å². The second-order valence-electron chi connectivity index (χ2n) is 5.13.